The van der Waals surface area contributed by atoms with E-state index < -0.39 is 22.0 Å². The first kappa shape index (κ1) is 20.9. The van der Waals surface area contributed by atoms with Gasteiger partial charge in [-0.3, -0.25) is 14.9 Å². The first-order valence-corrected chi connectivity index (χ1v) is 8.97. The van der Waals surface area contributed by atoms with Crippen molar-refractivity contribution >= 4 is 29.4 Å². The van der Waals surface area contributed by atoms with Gasteiger partial charge in [-0.05, 0) is 29.8 Å². The van der Waals surface area contributed by atoms with Crippen LogP contribution in [0.5, 0.6) is 17.4 Å². The third-order valence-corrected chi connectivity index (χ3v) is 4.41. The standard InChI is InChI=1S/C20H16ClN3O6/c1-29-16-10-12(6-8-15(16)30-11-13-4-2-3-5-14(13)21)7-9-17-22-19(25)18(24(27)28)20(26)23-17/h2-10H,11H2,1H3,(H2,22,23,25,26)/b9-7+. The van der Waals surface area contributed by atoms with E-state index in [0.717, 1.165) is 5.56 Å². The summed E-state index contributed by atoms with van der Waals surface area (Å²) in [7, 11) is 1.50. The molecule has 0 spiro atoms. The number of nitrogens with zero attached hydrogens (tertiary/aromatic N) is 2. The molecule has 3 rings (SSSR count). The van der Waals surface area contributed by atoms with Gasteiger partial charge in [0.15, 0.2) is 11.5 Å². The summed E-state index contributed by atoms with van der Waals surface area (Å²) in [5, 5.41) is 20.9. The van der Waals surface area contributed by atoms with Gasteiger partial charge >= 0.3 is 11.2 Å². The molecule has 0 fully saturated rings. The summed E-state index contributed by atoms with van der Waals surface area (Å²) in [6.45, 7) is 0.262. The Morgan fingerprint density at radius 3 is 2.67 bits per heavy atom. The molecule has 0 bridgehead atoms. The van der Waals surface area contributed by atoms with Crippen molar-refractivity contribution in [3.05, 3.63) is 84.9 Å². The van der Waals surface area contributed by atoms with E-state index in [-0.39, 0.29) is 12.4 Å². The fraction of sp³-hybridized carbons (Fsp3) is 0.100. The van der Waals surface area contributed by atoms with Gasteiger partial charge in [0.25, 0.3) is 5.88 Å². The summed E-state index contributed by atoms with van der Waals surface area (Å²) in [4.78, 5) is 27.3. The summed E-state index contributed by atoms with van der Waals surface area (Å²) in [6.07, 6.45) is 2.98. The Bertz CT molecular complexity index is 1180. The van der Waals surface area contributed by atoms with Gasteiger partial charge in [-0.1, -0.05) is 41.9 Å². The van der Waals surface area contributed by atoms with Gasteiger partial charge < -0.3 is 19.6 Å². The highest BCUT2D eigenvalue weighted by Gasteiger charge is 2.21. The number of ether oxygens (including phenoxy) is 2. The van der Waals surface area contributed by atoms with Crippen LogP contribution in [-0.2, 0) is 6.61 Å². The van der Waals surface area contributed by atoms with Crippen LogP contribution in [0.25, 0.3) is 12.2 Å². The molecule has 9 nitrogen and oxygen atoms in total. The number of benzene rings is 2. The molecule has 0 saturated heterocycles. The highest BCUT2D eigenvalue weighted by atomic mass is 35.5. The van der Waals surface area contributed by atoms with Gasteiger partial charge in [-0.2, -0.15) is 4.98 Å². The Hall–Kier alpha value is -3.85. The normalized spacial score (nSPS) is 10.9. The van der Waals surface area contributed by atoms with E-state index in [1.54, 1.807) is 30.3 Å². The monoisotopic (exact) mass is 429 g/mol. The molecule has 0 amide bonds. The van der Waals surface area contributed by atoms with Crippen LogP contribution in [0.3, 0.4) is 0 Å². The Labute approximate surface area is 175 Å². The minimum absolute atomic E-state index is 0.0406. The zero-order chi connectivity index (χ0) is 21.7. The number of aromatic hydroxyl groups is 1. The van der Waals surface area contributed by atoms with Gasteiger partial charge in [0.1, 0.15) is 12.4 Å². The predicted octanol–water partition coefficient (Wildman–Crippen LogP) is 3.80. The SMILES string of the molecule is COc1cc(/C=C/c2nc(O)c([N+](=O)[O-])c(=O)[nH]2)ccc1OCc1ccccc1Cl. The molecule has 0 radical (unpaired) electrons. The second kappa shape index (κ2) is 9.10. The van der Waals surface area contributed by atoms with Crippen molar-refractivity contribution in [1.29, 1.82) is 0 Å². The molecule has 0 unspecified atom stereocenters. The van der Waals surface area contributed by atoms with Crippen molar-refractivity contribution in [2.45, 2.75) is 6.61 Å². The van der Waals surface area contributed by atoms with Gasteiger partial charge in [-0.15, -0.1) is 0 Å². The minimum atomic E-state index is -1.05. The molecular formula is C20H16ClN3O6. The summed E-state index contributed by atoms with van der Waals surface area (Å²) >= 11 is 6.13. The van der Waals surface area contributed by atoms with E-state index in [9.17, 15) is 20.0 Å². The van der Waals surface area contributed by atoms with Crippen LogP contribution in [0, 0.1) is 10.1 Å². The van der Waals surface area contributed by atoms with Crippen LogP contribution in [0.4, 0.5) is 5.69 Å². The molecule has 0 aliphatic heterocycles. The van der Waals surface area contributed by atoms with E-state index in [0.29, 0.717) is 22.1 Å². The van der Waals surface area contributed by atoms with Gasteiger partial charge in [0, 0.05) is 10.6 Å². The fourth-order valence-electron chi connectivity index (χ4n) is 2.57. The lowest BCUT2D eigenvalue weighted by atomic mass is 10.2. The van der Waals surface area contributed by atoms with Crippen LogP contribution in [0.15, 0.2) is 47.3 Å². The first-order valence-electron chi connectivity index (χ1n) is 8.59. The molecule has 0 aliphatic rings. The zero-order valence-corrected chi connectivity index (χ0v) is 16.4. The topological polar surface area (TPSA) is 128 Å². The Morgan fingerprint density at radius 2 is 2.00 bits per heavy atom. The van der Waals surface area contributed by atoms with E-state index in [1.807, 2.05) is 18.2 Å². The first-order chi connectivity index (χ1) is 14.4. The zero-order valence-electron chi connectivity index (χ0n) is 15.7. The van der Waals surface area contributed by atoms with Crippen molar-refractivity contribution in [3.8, 4) is 17.4 Å². The maximum absolute atomic E-state index is 11.7. The number of rotatable bonds is 7. The number of aromatic amines is 1. The number of nitro groups is 1. The third-order valence-electron chi connectivity index (χ3n) is 4.04. The highest BCUT2D eigenvalue weighted by Crippen LogP contribution is 2.30. The largest absolute Gasteiger partial charge is 0.493 e. The summed E-state index contributed by atoms with van der Waals surface area (Å²) < 4.78 is 11.1. The molecule has 2 N–H and O–H groups in total. The molecule has 1 heterocycles. The molecule has 1 aromatic heterocycles. The lowest BCUT2D eigenvalue weighted by molar-refractivity contribution is -0.387. The molecule has 3 aromatic rings. The number of aromatic nitrogens is 2. The summed E-state index contributed by atoms with van der Waals surface area (Å²) in [6, 6.07) is 12.5. The molecule has 10 heteroatoms. The highest BCUT2D eigenvalue weighted by molar-refractivity contribution is 6.31. The Morgan fingerprint density at radius 1 is 1.23 bits per heavy atom. The fourth-order valence-corrected chi connectivity index (χ4v) is 2.76. The predicted molar refractivity (Wildman–Crippen MR) is 111 cm³/mol. The lowest BCUT2D eigenvalue weighted by Crippen LogP contribution is -2.14. The number of methoxy groups -OCH3 is 1. The molecule has 30 heavy (non-hydrogen) atoms. The van der Waals surface area contributed by atoms with Crippen LogP contribution >= 0.6 is 11.6 Å². The van der Waals surface area contributed by atoms with Crippen LogP contribution in [0.1, 0.15) is 17.0 Å². The van der Waals surface area contributed by atoms with Crippen molar-refractivity contribution in [3.63, 3.8) is 0 Å². The van der Waals surface area contributed by atoms with Gasteiger partial charge in [-0.25, -0.2) is 0 Å². The van der Waals surface area contributed by atoms with Gasteiger partial charge in [0.05, 0.1) is 12.0 Å². The van der Waals surface area contributed by atoms with E-state index in [4.69, 9.17) is 21.1 Å². The molecule has 154 valence electrons. The van der Waals surface area contributed by atoms with E-state index >= 15 is 0 Å². The van der Waals surface area contributed by atoms with Crippen LogP contribution < -0.4 is 15.0 Å². The van der Waals surface area contributed by atoms with Crippen molar-refractivity contribution in [2.24, 2.45) is 0 Å². The molecule has 0 aliphatic carbocycles. The maximum Gasteiger partial charge on any atom is 0.395 e. The molecule has 0 saturated carbocycles. The van der Waals surface area contributed by atoms with Crippen LogP contribution in [0.2, 0.25) is 5.02 Å². The smallest absolute Gasteiger partial charge is 0.395 e. The van der Waals surface area contributed by atoms with E-state index in [1.165, 1.54) is 13.2 Å². The summed E-state index contributed by atoms with van der Waals surface area (Å²) in [5.41, 5.74) is -0.544. The number of halogens is 1. The molecule has 2 aromatic carbocycles. The second-order valence-electron chi connectivity index (χ2n) is 6.00. The van der Waals surface area contributed by atoms with E-state index in [2.05, 4.69) is 9.97 Å². The minimum Gasteiger partial charge on any atom is -0.493 e. The quantitative estimate of drug-likeness (QED) is 0.432. The Kier molecular flexibility index (Phi) is 6.33. The molecular weight excluding hydrogens is 414 g/mol. The van der Waals surface area contributed by atoms with Crippen molar-refractivity contribution in [1.82, 2.24) is 9.97 Å². The third kappa shape index (κ3) is 4.76. The number of nitrogens with one attached hydrogen (secondary N) is 1. The number of H-pyrrole nitrogens is 1. The number of hydrogen-bond donors (Lipinski definition) is 2. The average molecular weight is 430 g/mol. The average Bonchev–Trinajstić information content (AvgIpc) is 2.71. The van der Waals surface area contributed by atoms with Crippen molar-refractivity contribution in [2.75, 3.05) is 7.11 Å². The van der Waals surface area contributed by atoms with Crippen LogP contribution in [-0.4, -0.2) is 27.1 Å². The van der Waals surface area contributed by atoms with Gasteiger partial charge in [0.2, 0.25) is 0 Å². The second-order valence-corrected chi connectivity index (χ2v) is 6.41. The summed E-state index contributed by atoms with van der Waals surface area (Å²) in [5.74, 6) is -0.0169. The Balaban J connectivity index is 1.79. The lowest BCUT2D eigenvalue weighted by Gasteiger charge is -2.12. The maximum atomic E-state index is 11.7. The molecule has 0 atom stereocenters. The number of hydrogen-bond acceptors (Lipinski definition) is 7. The van der Waals surface area contributed by atoms with Crippen molar-refractivity contribution < 1.29 is 19.5 Å².